The lowest BCUT2D eigenvalue weighted by atomic mass is 9.82. The van der Waals surface area contributed by atoms with Crippen molar-refractivity contribution in [1.29, 1.82) is 0 Å². The van der Waals surface area contributed by atoms with Crippen LogP contribution in [-0.4, -0.2) is 0 Å². The molecule has 0 saturated carbocycles. The number of anilines is 9. The monoisotopic (exact) mass is 1160 g/mol. The van der Waals surface area contributed by atoms with Gasteiger partial charge in [-0.15, -0.1) is 0 Å². The third kappa shape index (κ3) is 9.01. The molecule has 0 radical (unpaired) electrons. The van der Waals surface area contributed by atoms with Crippen LogP contribution in [0.4, 0.5) is 51.2 Å². The SMILES string of the molecule is CC1(C)c2ccccc2-c2ccc(N(c3ccccc3)c3ccc(-c4cc(-c5ccc(N(c6ccccc6)c6ccc7c(c6)C(C)(C)c6ccccc6-7)cc5)cc(-c5ccc(N(c6ccccc6)c6ccc7c(c6)C(C)(C)c6ccccc6-7)cc5)c4)cc3)cc21. The lowest BCUT2D eigenvalue weighted by Crippen LogP contribution is -2.16. The number of para-hydroxylation sites is 3. The molecule has 3 aliphatic carbocycles. The Morgan fingerprint density at radius 3 is 0.644 bits per heavy atom. The first-order valence-corrected chi connectivity index (χ1v) is 31.6. The summed E-state index contributed by atoms with van der Waals surface area (Å²) < 4.78 is 0. The van der Waals surface area contributed by atoms with Crippen molar-refractivity contribution >= 4 is 51.2 Å². The molecule has 0 bridgehead atoms. The highest BCUT2D eigenvalue weighted by molar-refractivity contribution is 5.91. The maximum Gasteiger partial charge on any atom is 0.0465 e. The quantitative estimate of drug-likeness (QED) is 0.121. The molecular formula is C87H69N3. The molecule has 0 amide bonds. The first kappa shape index (κ1) is 54.6. The van der Waals surface area contributed by atoms with E-state index < -0.39 is 0 Å². The average molecular weight is 1160 g/mol. The number of fused-ring (bicyclic) bond motifs is 9. The predicted molar refractivity (Wildman–Crippen MR) is 379 cm³/mol. The molecule has 3 aliphatic rings. The highest BCUT2D eigenvalue weighted by atomic mass is 15.2. The van der Waals surface area contributed by atoms with E-state index in [2.05, 4.69) is 366 Å². The highest BCUT2D eigenvalue weighted by Crippen LogP contribution is 2.54. The average Bonchev–Trinajstić information content (AvgIpc) is 1.89. The summed E-state index contributed by atoms with van der Waals surface area (Å²) >= 11 is 0. The van der Waals surface area contributed by atoms with Crippen LogP contribution in [0, 0.1) is 0 Å². The van der Waals surface area contributed by atoms with Gasteiger partial charge in [0.05, 0.1) is 0 Å². The Balaban J connectivity index is 0.792. The Morgan fingerprint density at radius 2 is 0.378 bits per heavy atom. The van der Waals surface area contributed by atoms with E-state index in [0.29, 0.717) is 0 Å². The van der Waals surface area contributed by atoms with Crippen LogP contribution in [0.15, 0.2) is 309 Å². The van der Waals surface area contributed by atoms with E-state index in [1.807, 2.05) is 0 Å². The molecule has 0 fully saturated rings. The van der Waals surface area contributed by atoms with E-state index in [9.17, 15) is 0 Å². The van der Waals surface area contributed by atoms with Crippen molar-refractivity contribution < 1.29 is 0 Å². The van der Waals surface area contributed by atoms with E-state index in [1.165, 1.54) is 66.8 Å². The van der Waals surface area contributed by atoms with Gasteiger partial charge in [0.15, 0.2) is 0 Å². The molecule has 0 aromatic heterocycles. The summed E-state index contributed by atoms with van der Waals surface area (Å²) in [7, 11) is 0. The molecule has 0 atom stereocenters. The van der Waals surface area contributed by atoms with E-state index in [1.54, 1.807) is 0 Å². The molecule has 16 rings (SSSR count). The summed E-state index contributed by atoms with van der Waals surface area (Å²) in [4.78, 5) is 7.20. The van der Waals surface area contributed by atoms with Gasteiger partial charge < -0.3 is 14.7 Å². The molecule has 13 aromatic rings. The minimum absolute atomic E-state index is 0.125. The van der Waals surface area contributed by atoms with E-state index >= 15 is 0 Å². The zero-order valence-electron chi connectivity index (χ0n) is 51.8. The fourth-order valence-corrected chi connectivity index (χ4v) is 15.1. The Hall–Kier alpha value is -10.7. The molecular weight excluding hydrogens is 1090 g/mol. The Bertz CT molecular complexity index is 4380. The minimum Gasteiger partial charge on any atom is -0.310 e. The molecule has 0 spiro atoms. The number of nitrogens with zero attached hydrogens (tertiary/aromatic N) is 3. The fourth-order valence-electron chi connectivity index (χ4n) is 15.1. The van der Waals surface area contributed by atoms with Gasteiger partial charge in [-0.05, 0) is 228 Å². The van der Waals surface area contributed by atoms with Gasteiger partial charge in [-0.3, -0.25) is 0 Å². The van der Waals surface area contributed by atoms with Crippen LogP contribution in [0.1, 0.15) is 74.9 Å². The van der Waals surface area contributed by atoms with Crippen LogP contribution in [0.3, 0.4) is 0 Å². The number of hydrogen-bond acceptors (Lipinski definition) is 3. The second-order valence-corrected chi connectivity index (χ2v) is 26.2. The van der Waals surface area contributed by atoms with E-state index in [-0.39, 0.29) is 16.2 Å². The van der Waals surface area contributed by atoms with Gasteiger partial charge in [0.1, 0.15) is 0 Å². The molecule has 90 heavy (non-hydrogen) atoms. The molecule has 0 unspecified atom stereocenters. The van der Waals surface area contributed by atoms with Crippen molar-refractivity contribution in [3.05, 3.63) is 343 Å². The largest absolute Gasteiger partial charge is 0.310 e. The summed E-state index contributed by atoms with van der Waals surface area (Å²) in [6.45, 7) is 14.1. The van der Waals surface area contributed by atoms with Gasteiger partial charge in [-0.25, -0.2) is 0 Å². The van der Waals surface area contributed by atoms with Gasteiger partial charge in [0.25, 0.3) is 0 Å². The molecule has 432 valence electrons. The zero-order valence-corrected chi connectivity index (χ0v) is 51.8. The van der Waals surface area contributed by atoms with Gasteiger partial charge >= 0.3 is 0 Å². The Kier molecular flexibility index (Phi) is 12.9. The molecule has 0 saturated heterocycles. The second kappa shape index (κ2) is 21.3. The number of benzene rings is 13. The maximum atomic E-state index is 2.41. The van der Waals surface area contributed by atoms with E-state index in [0.717, 1.165) is 84.6 Å². The zero-order chi connectivity index (χ0) is 60.9. The predicted octanol–water partition coefficient (Wildman–Crippen LogP) is 24.0. The molecule has 0 heterocycles. The van der Waals surface area contributed by atoms with Crippen molar-refractivity contribution in [2.45, 2.75) is 57.8 Å². The molecule has 3 nitrogen and oxygen atoms in total. The molecule has 0 N–H and O–H groups in total. The van der Waals surface area contributed by atoms with Crippen LogP contribution in [0.25, 0.3) is 66.8 Å². The van der Waals surface area contributed by atoms with Crippen LogP contribution >= 0.6 is 0 Å². The second-order valence-electron chi connectivity index (χ2n) is 26.2. The van der Waals surface area contributed by atoms with Crippen molar-refractivity contribution in [1.82, 2.24) is 0 Å². The normalized spacial score (nSPS) is 13.9. The van der Waals surface area contributed by atoms with Gasteiger partial charge in [0.2, 0.25) is 0 Å². The fraction of sp³-hybridized carbons (Fsp3) is 0.103. The van der Waals surface area contributed by atoms with Gasteiger partial charge in [-0.2, -0.15) is 0 Å². The van der Waals surface area contributed by atoms with Crippen LogP contribution in [0.5, 0.6) is 0 Å². The number of hydrogen-bond donors (Lipinski definition) is 0. The topological polar surface area (TPSA) is 9.72 Å². The standard InChI is InChI=1S/C87H69N3/c1-85(2)79-31-19-16-28-73(79)76-49-46-70(55-82(76)85)88(64-22-10-7-11-23-64)67-40-34-58(35-41-67)61-52-62(59-36-42-68(43-37-59)89(65-24-12-8-13-25-65)71-47-50-77-74-29-17-20-32-80(74)86(3,4)83(77)56-71)54-63(53-61)60-38-44-69(45-39-60)90(66-26-14-9-15-27-66)72-48-51-78-75-30-18-21-33-81(75)87(5,6)84(78)57-72/h7-57H,1-6H3. The lowest BCUT2D eigenvalue weighted by molar-refractivity contribution is 0.660. The smallest absolute Gasteiger partial charge is 0.0465 e. The van der Waals surface area contributed by atoms with Crippen molar-refractivity contribution in [3.8, 4) is 66.8 Å². The van der Waals surface area contributed by atoms with Crippen LogP contribution < -0.4 is 14.7 Å². The molecule has 13 aromatic carbocycles. The van der Waals surface area contributed by atoms with Gasteiger partial charge in [-0.1, -0.05) is 224 Å². The van der Waals surface area contributed by atoms with E-state index in [4.69, 9.17) is 0 Å². The highest BCUT2D eigenvalue weighted by Gasteiger charge is 2.39. The van der Waals surface area contributed by atoms with Crippen molar-refractivity contribution in [2.24, 2.45) is 0 Å². The molecule has 0 aliphatic heterocycles. The third-order valence-electron chi connectivity index (χ3n) is 19.8. The lowest BCUT2D eigenvalue weighted by Gasteiger charge is -2.28. The van der Waals surface area contributed by atoms with Gasteiger partial charge in [0, 0.05) is 67.4 Å². The summed E-state index contributed by atoms with van der Waals surface area (Å²) in [5.74, 6) is 0. The Morgan fingerprint density at radius 1 is 0.167 bits per heavy atom. The number of rotatable bonds is 12. The summed E-state index contributed by atoms with van der Waals surface area (Å²) in [6, 6.07) is 115. The van der Waals surface area contributed by atoms with Crippen LogP contribution in [0.2, 0.25) is 0 Å². The summed E-state index contributed by atoms with van der Waals surface area (Å²) in [6.07, 6.45) is 0. The summed E-state index contributed by atoms with van der Waals surface area (Å²) in [5, 5.41) is 0. The van der Waals surface area contributed by atoms with Crippen molar-refractivity contribution in [3.63, 3.8) is 0 Å². The first-order chi connectivity index (χ1) is 43.9. The Labute approximate surface area is 530 Å². The van der Waals surface area contributed by atoms with Crippen LogP contribution in [-0.2, 0) is 16.2 Å². The van der Waals surface area contributed by atoms with Crippen molar-refractivity contribution in [2.75, 3.05) is 14.7 Å². The third-order valence-corrected chi connectivity index (χ3v) is 19.8. The minimum atomic E-state index is -0.125. The molecule has 3 heteroatoms. The maximum absolute atomic E-state index is 2.41. The summed E-state index contributed by atoms with van der Waals surface area (Å²) in [5.41, 5.74) is 32.6. The first-order valence-electron chi connectivity index (χ1n) is 31.6.